The van der Waals surface area contributed by atoms with Crippen LogP contribution in [0.25, 0.3) is 0 Å². The van der Waals surface area contributed by atoms with Crippen molar-refractivity contribution in [3.8, 4) is 0 Å². The number of hydrogen-bond donors (Lipinski definition) is 1. The van der Waals surface area contributed by atoms with Crippen LogP contribution in [0.3, 0.4) is 0 Å². The lowest BCUT2D eigenvalue weighted by atomic mass is 9.90. The predicted molar refractivity (Wildman–Crippen MR) is 95.1 cm³/mol. The van der Waals surface area contributed by atoms with E-state index in [2.05, 4.69) is 10.2 Å². The standard InChI is InChI=1S/C18H24Cl2N2O/c1-21-13-5-7-14(8-6-13)22-10-9-12(18(22)23)11-15-16(19)3-2-4-17(15)20/h2-4,12-14,21H,5-11H2,1H3. The minimum absolute atomic E-state index is 0.0226. The highest BCUT2D eigenvalue weighted by molar-refractivity contribution is 6.36. The van der Waals surface area contributed by atoms with E-state index in [1.165, 1.54) is 0 Å². The van der Waals surface area contributed by atoms with Crippen LogP contribution in [0.15, 0.2) is 18.2 Å². The molecule has 2 aliphatic rings. The molecule has 1 aromatic rings. The minimum atomic E-state index is 0.0226. The normalized spacial score (nSPS) is 28.4. The molecule has 1 aromatic carbocycles. The molecule has 1 aliphatic carbocycles. The molecule has 0 radical (unpaired) electrons. The lowest BCUT2D eigenvalue weighted by Gasteiger charge is -2.34. The summed E-state index contributed by atoms with van der Waals surface area (Å²) in [6, 6.07) is 6.57. The van der Waals surface area contributed by atoms with E-state index in [-0.39, 0.29) is 11.8 Å². The molecule has 1 unspecified atom stereocenters. The maximum Gasteiger partial charge on any atom is 0.226 e. The Labute approximate surface area is 148 Å². The zero-order valence-electron chi connectivity index (χ0n) is 13.5. The maximum absolute atomic E-state index is 12.8. The third-order valence-corrected chi connectivity index (χ3v) is 6.12. The van der Waals surface area contributed by atoms with Crippen molar-refractivity contribution >= 4 is 29.1 Å². The van der Waals surface area contributed by atoms with E-state index in [1.54, 1.807) is 0 Å². The fourth-order valence-electron chi connectivity index (χ4n) is 3.96. The number of carbonyl (C=O) groups excluding carboxylic acids is 1. The van der Waals surface area contributed by atoms with E-state index in [4.69, 9.17) is 23.2 Å². The molecule has 1 saturated heterocycles. The third kappa shape index (κ3) is 3.67. The highest BCUT2D eigenvalue weighted by atomic mass is 35.5. The van der Waals surface area contributed by atoms with Crippen molar-refractivity contribution in [1.82, 2.24) is 10.2 Å². The van der Waals surface area contributed by atoms with Crippen LogP contribution >= 0.6 is 23.2 Å². The Morgan fingerprint density at radius 1 is 1.13 bits per heavy atom. The van der Waals surface area contributed by atoms with E-state index in [1.807, 2.05) is 25.2 Å². The van der Waals surface area contributed by atoms with Gasteiger partial charge in [-0.05, 0) is 63.3 Å². The topological polar surface area (TPSA) is 32.3 Å². The lowest BCUT2D eigenvalue weighted by molar-refractivity contribution is -0.133. The van der Waals surface area contributed by atoms with Crippen molar-refractivity contribution in [2.75, 3.05) is 13.6 Å². The fourth-order valence-corrected chi connectivity index (χ4v) is 4.52. The van der Waals surface area contributed by atoms with E-state index in [0.29, 0.717) is 28.5 Å². The van der Waals surface area contributed by atoms with Gasteiger partial charge < -0.3 is 10.2 Å². The maximum atomic E-state index is 12.8. The monoisotopic (exact) mass is 354 g/mol. The van der Waals surface area contributed by atoms with Gasteiger partial charge in [0.2, 0.25) is 5.91 Å². The molecule has 1 saturated carbocycles. The number of benzene rings is 1. The zero-order chi connectivity index (χ0) is 16.4. The quantitative estimate of drug-likeness (QED) is 0.888. The molecule has 0 spiro atoms. The summed E-state index contributed by atoms with van der Waals surface area (Å²) in [6.07, 6.45) is 6.09. The van der Waals surface area contributed by atoms with E-state index >= 15 is 0 Å². The van der Waals surface area contributed by atoms with Crippen molar-refractivity contribution in [3.63, 3.8) is 0 Å². The molecule has 3 nitrogen and oxygen atoms in total. The van der Waals surface area contributed by atoms with Crippen molar-refractivity contribution < 1.29 is 4.79 Å². The van der Waals surface area contributed by atoms with E-state index in [0.717, 1.165) is 44.2 Å². The van der Waals surface area contributed by atoms with Gasteiger partial charge >= 0.3 is 0 Å². The van der Waals surface area contributed by atoms with Gasteiger partial charge in [-0.1, -0.05) is 29.3 Å². The number of nitrogens with one attached hydrogen (secondary N) is 1. The molecule has 3 rings (SSSR count). The van der Waals surface area contributed by atoms with Crippen LogP contribution in [0, 0.1) is 5.92 Å². The van der Waals surface area contributed by atoms with Crippen molar-refractivity contribution in [3.05, 3.63) is 33.8 Å². The van der Waals surface area contributed by atoms with Crippen LogP contribution < -0.4 is 5.32 Å². The van der Waals surface area contributed by atoms with Gasteiger partial charge in [-0.15, -0.1) is 0 Å². The summed E-state index contributed by atoms with van der Waals surface area (Å²) < 4.78 is 0. The molecular formula is C18H24Cl2N2O. The summed E-state index contributed by atoms with van der Waals surface area (Å²) in [5, 5.41) is 4.68. The van der Waals surface area contributed by atoms with E-state index < -0.39 is 0 Å². The molecule has 1 heterocycles. The molecule has 126 valence electrons. The van der Waals surface area contributed by atoms with Gasteiger partial charge in [0.15, 0.2) is 0 Å². The first-order chi connectivity index (χ1) is 11.1. The highest BCUT2D eigenvalue weighted by Gasteiger charge is 2.37. The van der Waals surface area contributed by atoms with Gasteiger partial charge in [0.05, 0.1) is 0 Å². The summed E-state index contributed by atoms with van der Waals surface area (Å²) in [6.45, 7) is 0.875. The number of amides is 1. The summed E-state index contributed by atoms with van der Waals surface area (Å²) in [7, 11) is 2.02. The second-order valence-electron chi connectivity index (χ2n) is 6.72. The van der Waals surface area contributed by atoms with Crippen molar-refractivity contribution in [2.24, 2.45) is 5.92 Å². The largest absolute Gasteiger partial charge is 0.339 e. The Kier molecular flexibility index (Phi) is 5.50. The zero-order valence-corrected chi connectivity index (χ0v) is 15.0. The summed E-state index contributed by atoms with van der Waals surface area (Å²) in [5.41, 5.74) is 0.912. The van der Waals surface area contributed by atoms with Crippen LogP contribution in [0.2, 0.25) is 10.0 Å². The molecule has 1 N–H and O–H groups in total. The Hall–Kier alpha value is -0.770. The van der Waals surface area contributed by atoms with Gasteiger partial charge in [-0.2, -0.15) is 0 Å². The molecular weight excluding hydrogens is 331 g/mol. The van der Waals surface area contributed by atoms with Gasteiger partial charge in [0.1, 0.15) is 0 Å². The number of likely N-dealkylation sites (tertiary alicyclic amines) is 1. The van der Waals surface area contributed by atoms with Crippen LogP contribution in [-0.4, -0.2) is 36.5 Å². The predicted octanol–water partition coefficient (Wildman–Crippen LogP) is 3.92. The number of nitrogens with zero attached hydrogens (tertiary/aromatic N) is 1. The van der Waals surface area contributed by atoms with Gasteiger partial charge in [-0.25, -0.2) is 0 Å². The third-order valence-electron chi connectivity index (χ3n) is 5.41. The second-order valence-corrected chi connectivity index (χ2v) is 7.53. The molecule has 0 bridgehead atoms. The highest BCUT2D eigenvalue weighted by Crippen LogP contribution is 2.33. The van der Waals surface area contributed by atoms with Gasteiger partial charge in [-0.3, -0.25) is 4.79 Å². The Morgan fingerprint density at radius 2 is 1.78 bits per heavy atom. The van der Waals surface area contributed by atoms with E-state index in [9.17, 15) is 4.79 Å². The van der Waals surface area contributed by atoms with Gasteiger partial charge in [0.25, 0.3) is 0 Å². The summed E-state index contributed by atoms with van der Waals surface area (Å²) in [5.74, 6) is 0.309. The molecule has 23 heavy (non-hydrogen) atoms. The number of rotatable bonds is 4. The first-order valence-electron chi connectivity index (χ1n) is 8.50. The fraction of sp³-hybridized carbons (Fsp3) is 0.611. The van der Waals surface area contributed by atoms with Crippen molar-refractivity contribution in [1.29, 1.82) is 0 Å². The Balaban J connectivity index is 1.63. The molecule has 1 aliphatic heterocycles. The van der Waals surface area contributed by atoms with Crippen LogP contribution in [0.5, 0.6) is 0 Å². The smallest absolute Gasteiger partial charge is 0.226 e. The number of halogens is 2. The first-order valence-corrected chi connectivity index (χ1v) is 9.26. The van der Waals surface area contributed by atoms with Crippen molar-refractivity contribution in [2.45, 2.75) is 50.6 Å². The number of carbonyl (C=O) groups is 1. The average molecular weight is 355 g/mol. The van der Waals surface area contributed by atoms with Crippen LogP contribution in [-0.2, 0) is 11.2 Å². The molecule has 2 fully saturated rings. The lowest BCUT2D eigenvalue weighted by Crippen LogP contribution is -2.43. The first kappa shape index (κ1) is 17.1. The minimum Gasteiger partial charge on any atom is -0.339 e. The second kappa shape index (κ2) is 7.42. The average Bonchev–Trinajstić information content (AvgIpc) is 2.92. The summed E-state index contributed by atoms with van der Waals surface area (Å²) in [4.78, 5) is 14.9. The number of hydrogen-bond acceptors (Lipinski definition) is 2. The molecule has 5 heteroatoms. The summed E-state index contributed by atoms with van der Waals surface area (Å²) >= 11 is 12.5. The van der Waals surface area contributed by atoms with Crippen LogP contribution in [0.1, 0.15) is 37.7 Å². The molecule has 1 atom stereocenters. The molecule has 0 aromatic heterocycles. The Morgan fingerprint density at radius 3 is 2.39 bits per heavy atom. The SMILES string of the molecule is CNC1CCC(N2CCC(Cc3c(Cl)cccc3Cl)C2=O)CC1. The molecule has 1 amide bonds. The Bertz CT molecular complexity index is 550. The van der Waals surface area contributed by atoms with Crippen LogP contribution in [0.4, 0.5) is 0 Å². The van der Waals surface area contributed by atoms with Gasteiger partial charge in [0, 0.05) is 34.6 Å².